The number of fused-ring (bicyclic) bond motifs is 1. The molecule has 124 valence electrons. The van der Waals surface area contributed by atoms with Crippen LogP contribution in [0.1, 0.15) is 18.4 Å². The predicted octanol–water partition coefficient (Wildman–Crippen LogP) is 2.61. The van der Waals surface area contributed by atoms with Crippen LogP contribution < -0.4 is 0 Å². The molecule has 1 atom stereocenters. The normalized spacial score (nSPS) is 12.0. The standard InChI is InChI=1S/C17H17N3O3S/c1-12(17(22)20(2)11-5-10-18)23-16(21)9-8-15-19-13-6-3-4-7-14(13)24-15/h3-4,6-9,12H,5,11H2,1-2H3/b9-8+/t12-/m0/s1. The third-order valence-electron chi connectivity index (χ3n) is 3.25. The van der Waals surface area contributed by atoms with E-state index in [0.29, 0.717) is 11.6 Å². The molecule has 0 aliphatic carbocycles. The Morgan fingerprint density at radius 2 is 2.21 bits per heavy atom. The van der Waals surface area contributed by atoms with E-state index < -0.39 is 12.1 Å². The van der Waals surface area contributed by atoms with E-state index in [4.69, 9.17) is 10.00 Å². The quantitative estimate of drug-likeness (QED) is 0.595. The summed E-state index contributed by atoms with van der Waals surface area (Å²) in [5, 5.41) is 9.22. The van der Waals surface area contributed by atoms with Crippen molar-refractivity contribution in [2.24, 2.45) is 0 Å². The summed E-state index contributed by atoms with van der Waals surface area (Å²) in [5.74, 6) is -0.948. The molecule has 0 saturated carbocycles. The van der Waals surface area contributed by atoms with E-state index in [1.807, 2.05) is 30.3 Å². The number of carbonyl (C=O) groups excluding carboxylic acids is 2. The highest BCUT2D eigenvalue weighted by Gasteiger charge is 2.20. The molecule has 0 saturated heterocycles. The van der Waals surface area contributed by atoms with Gasteiger partial charge in [0.1, 0.15) is 5.01 Å². The van der Waals surface area contributed by atoms with Gasteiger partial charge in [0.2, 0.25) is 0 Å². The van der Waals surface area contributed by atoms with Crippen LogP contribution in [0.2, 0.25) is 0 Å². The van der Waals surface area contributed by atoms with E-state index >= 15 is 0 Å². The van der Waals surface area contributed by atoms with Crippen LogP contribution in [0.25, 0.3) is 16.3 Å². The van der Waals surface area contributed by atoms with Crippen molar-refractivity contribution >= 4 is 39.5 Å². The van der Waals surface area contributed by atoms with Crippen LogP contribution in [0.4, 0.5) is 0 Å². The number of hydrogen-bond acceptors (Lipinski definition) is 6. The molecule has 6 nitrogen and oxygen atoms in total. The maximum atomic E-state index is 12.0. The van der Waals surface area contributed by atoms with Crippen LogP contribution >= 0.6 is 11.3 Å². The number of nitrogens with zero attached hydrogens (tertiary/aromatic N) is 3. The van der Waals surface area contributed by atoms with Gasteiger partial charge < -0.3 is 9.64 Å². The van der Waals surface area contributed by atoms with Gasteiger partial charge in [0.05, 0.1) is 22.7 Å². The topological polar surface area (TPSA) is 83.3 Å². The van der Waals surface area contributed by atoms with Crippen LogP contribution in [0.3, 0.4) is 0 Å². The largest absolute Gasteiger partial charge is 0.449 e. The fraction of sp³-hybridized carbons (Fsp3) is 0.294. The van der Waals surface area contributed by atoms with Gasteiger partial charge in [-0.05, 0) is 25.1 Å². The number of esters is 1. The maximum Gasteiger partial charge on any atom is 0.331 e. The number of para-hydroxylation sites is 1. The number of ether oxygens (including phenoxy) is 1. The van der Waals surface area contributed by atoms with Crippen molar-refractivity contribution in [3.8, 4) is 6.07 Å². The first-order valence-corrected chi connectivity index (χ1v) is 8.19. The summed E-state index contributed by atoms with van der Waals surface area (Å²) in [7, 11) is 1.57. The van der Waals surface area contributed by atoms with E-state index in [1.54, 1.807) is 13.1 Å². The van der Waals surface area contributed by atoms with Crippen molar-refractivity contribution in [3.63, 3.8) is 0 Å². The summed E-state index contributed by atoms with van der Waals surface area (Å²) >= 11 is 1.47. The number of thiazole rings is 1. The van der Waals surface area contributed by atoms with Crippen molar-refractivity contribution in [1.82, 2.24) is 9.88 Å². The molecule has 1 aromatic carbocycles. The van der Waals surface area contributed by atoms with Gasteiger partial charge in [-0.15, -0.1) is 11.3 Å². The average Bonchev–Trinajstić information content (AvgIpc) is 3.00. The van der Waals surface area contributed by atoms with E-state index in [-0.39, 0.29) is 12.3 Å². The lowest BCUT2D eigenvalue weighted by molar-refractivity contribution is -0.154. The van der Waals surface area contributed by atoms with Crippen molar-refractivity contribution < 1.29 is 14.3 Å². The van der Waals surface area contributed by atoms with Gasteiger partial charge in [0.15, 0.2) is 6.10 Å². The average molecular weight is 343 g/mol. The van der Waals surface area contributed by atoms with Crippen molar-refractivity contribution in [2.45, 2.75) is 19.4 Å². The molecule has 0 aliphatic rings. The Morgan fingerprint density at radius 1 is 1.46 bits per heavy atom. The van der Waals surface area contributed by atoms with Gasteiger partial charge in [0.25, 0.3) is 5.91 Å². The van der Waals surface area contributed by atoms with Crippen LogP contribution in [-0.4, -0.2) is 41.5 Å². The molecule has 0 bridgehead atoms. The Kier molecular flexibility index (Phi) is 6.04. The van der Waals surface area contributed by atoms with E-state index in [9.17, 15) is 9.59 Å². The summed E-state index contributed by atoms with van der Waals surface area (Å²) in [5.41, 5.74) is 0.873. The lowest BCUT2D eigenvalue weighted by atomic mass is 10.3. The Morgan fingerprint density at radius 3 is 2.92 bits per heavy atom. The number of aromatic nitrogens is 1. The van der Waals surface area contributed by atoms with Gasteiger partial charge in [-0.2, -0.15) is 5.26 Å². The minimum Gasteiger partial charge on any atom is -0.449 e. The lowest BCUT2D eigenvalue weighted by Gasteiger charge is -2.19. The van der Waals surface area contributed by atoms with Gasteiger partial charge >= 0.3 is 5.97 Å². The van der Waals surface area contributed by atoms with Gasteiger partial charge in [-0.3, -0.25) is 4.79 Å². The first kappa shape index (κ1) is 17.6. The molecule has 0 fully saturated rings. The second kappa shape index (κ2) is 8.22. The highest BCUT2D eigenvalue weighted by atomic mass is 32.1. The molecule has 1 heterocycles. The molecule has 7 heteroatoms. The molecule has 2 rings (SSSR count). The first-order chi connectivity index (χ1) is 11.5. The molecular formula is C17H17N3O3S. The maximum absolute atomic E-state index is 12.0. The Bertz CT molecular complexity index is 774. The Hall–Kier alpha value is -2.72. The number of hydrogen-bond donors (Lipinski definition) is 0. The smallest absolute Gasteiger partial charge is 0.331 e. The summed E-state index contributed by atoms with van der Waals surface area (Å²) in [6.45, 7) is 1.81. The number of benzene rings is 1. The predicted molar refractivity (Wildman–Crippen MR) is 92.1 cm³/mol. The van der Waals surface area contributed by atoms with Crippen LogP contribution in [0.5, 0.6) is 0 Å². The van der Waals surface area contributed by atoms with Gasteiger partial charge in [-0.1, -0.05) is 12.1 Å². The van der Waals surface area contributed by atoms with Crippen molar-refractivity contribution in [1.29, 1.82) is 5.26 Å². The second-order valence-electron chi connectivity index (χ2n) is 5.10. The molecule has 0 N–H and O–H groups in total. The highest BCUT2D eigenvalue weighted by Crippen LogP contribution is 2.22. The summed E-state index contributed by atoms with van der Waals surface area (Å²) in [4.78, 5) is 29.6. The number of rotatable bonds is 6. The van der Waals surface area contributed by atoms with Crippen molar-refractivity contribution in [2.75, 3.05) is 13.6 Å². The Balaban J connectivity index is 1.92. The molecule has 2 aromatic rings. The van der Waals surface area contributed by atoms with Gasteiger partial charge in [0, 0.05) is 19.7 Å². The second-order valence-corrected chi connectivity index (χ2v) is 6.16. The summed E-state index contributed by atoms with van der Waals surface area (Å²) < 4.78 is 6.12. The fourth-order valence-corrected chi connectivity index (χ4v) is 2.87. The zero-order valence-corrected chi connectivity index (χ0v) is 14.2. The highest BCUT2D eigenvalue weighted by molar-refractivity contribution is 7.19. The first-order valence-electron chi connectivity index (χ1n) is 7.37. The minimum absolute atomic E-state index is 0.237. The SMILES string of the molecule is C[C@H](OC(=O)/C=C/c1nc2ccccc2s1)C(=O)N(C)CCC#N. The van der Waals surface area contributed by atoms with E-state index in [1.165, 1.54) is 29.2 Å². The number of likely N-dealkylation sites (N-methyl/N-ethyl adjacent to an activating group) is 1. The van der Waals surface area contributed by atoms with Crippen LogP contribution in [-0.2, 0) is 14.3 Å². The Labute approximate surface area is 144 Å². The summed E-state index contributed by atoms with van der Waals surface area (Å²) in [6, 6.07) is 9.66. The number of carbonyl (C=O) groups is 2. The fourth-order valence-electron chi connectivity index (χ4n) is 2.00. The number of amides is 1. The monoisotopic (exact) mass is 343 g/mol. The molecule has 24 heavy (non-hydrogen) atoms. The zero-order valence-electron chi connectivity index (χ0n) is 13.4. The third kappa shape index (κ3) is 4.64. The van der Waals surface area contributed by atoms with Crippen molar-refractivity contribution in [3.05, 3.63) is 35.3 Å². The molecule has 0 unspecified atom stereocenters. The van der Waals surface area contributed by atoms with Crippen LogP contribution in [0, 0.1) is 11.3 Å². The lowest BCUT2D eigenvalue weighted by Crippen LogP contribution is -2.37. The molecule has 1 amide bonds. The molecular weight excluding hydrogens is 326 g/mol. The summed E-state index contributed by atoms with van der Waals surface area (Å²) in [6.07, 6.45) is 2.17. The molecule has 0 radical (unpaired) electrons. The molecule has 0 aliphatic heterocycles. The van der Waals surface area contributed by atoms with Crippen LogP contribution in [0.15, 0.2) is 30.3 Å². The third-order valence-corrected chi connectivity index (χ3v) is 4.25. The molecule has 1 aromatic heterocycles. The van der Waals surface area contributed by atoms with E-state index in [0.717, 1.165) is 10.2 Å². The van der Waals surface area contributed by atoms with Gasteiger partial charge in [-0.25, -0.2) is 9.78 Å². The number of nitriles is 1. The van der Waals surface area contributed by atoms with E-state index in [2.05, 4.69) is 4.98 Å². The molecule has 0 spiro atoms. The minimum atomic E-state index is -0.902. The zero-order chi connectivity index (χ0) is 17.5.